The summed E-state index contributed by atoms with van der Waals surface area (Å²) in [5.74, 6) is 0. The van der Waals surface area contributed by atoms with Gasteiger partial charge in [-0.25, -0.2) is 0 Å². The fourth-order valence-corrected chi connectivity index (χ4v) is 1.15. The standard InChI is InChI=1S/C7H8ClN2O3/c1-5-4-9(13-2)7(8)3-6(5)10(11)12/h3-4H,1-2H3/q+1. The molecule has 0 saturated carbocycles. The molecular weight excluding hydrogens is 196 g/mol. The van der Waals surface area contributed by atoms with E-state index in [2.05, 4.69) is 0 Å². The molecule has 0 atom stereocenters. The Balaban J connectivity index is 3.28. The van der Waals surface area contributed by atoms with Crippen LogP contribution in [0.15, 0.2) is 12.3 Å². The van der Waals surface area contributed by atoms with E-state index in [1.807, 2.05) is 0 Å². The van der Waals surface area contributed by atoms with Gasteiger partial charge in [0.2, 0.25) is 6.20 Å². The van der Waals surface area contributed by atoms with Gasteiger partial charge in [0.15, 0.2) is 0 Å². The van der Waals surface area contributed by atoms with Gasteiger partial charge in [0.05, 0.1) is 10.5 Å². The van der Waals surface area contributed by atoms with E-state index < -0.39 is 4.92 Å². The molecule has 13 heavy (non-hydrogen) atoms. The van der Waals surface area contributed by atoms with Crippen LogP contribution in [-0.2, 0) is 0 Å². The average molecular weight is 204 g/mol. The lowest BCUT2D eigenvalue weighted by Crippen LogP contribution is -2.41. The molecule has 1 aromatic rings. The summed E-state index contributed by atoms with van der Waals surface area (Å²) in [5, 5.41) is 10.6. The number of nitro groups is 1. The minimum atomic E-state index is -0.485. The van der Waals surface area contributed by atoms with E-state index in [9.17, 15) is 10.1 Å². The van der Waals surface area contributed by atoms with E-state index in [0.717, 1.165) is 0 Å². The second kappa shape index (κ2) is 3.57. The molecule has 70 valence electrons. The van der Waals surface area contributed by atoms with Crippen molar-refractivity contribution in [2.75, 3.05) is 7.11 Å². The van der Waals surface area contributed by atoms with Gasteiger partial charge >= 0.3 is 5.15 Å². The van der Waals surface area contributed by atoms with Crippen molar-refractivity contribution in [2.45, 2.75) is 6.92 Å². The highest BCUT2D eigenvalue weighted by Crippen LogP contribution is 2.18. The molecule has 1 rings (SSSR count). The zero-order valence-electron chi connectivity index (χ0n) is 7.15. The fourth-order valence-electron chi connectivity index (χ4n) is 0.931. The van der Waals surface area contributed by atoms with Crippen LogP contribution in [0.25, 0.3) is 0 Å². The SMILES string of the molecule is CO[n+]1cc(C)c([N+](=O)[O-])cc1Cl. The maximum absolute atomic E-state index is 10.5. The Hall–Kier alpha value is -1.36. The van der Waals surface area contributed by atoms with Crippen LogP contribution in [-0.4, -0.2) is 12.0 Å². The number of hydrogen-bond acceptors (Lipinski definition) is 3. The van der Waals surface area contributed by atoms with E-state index in [4.69, 9.17) is 16.4 Å². The Kier molecular flexibility index (Phi) is 2.67. The highest BCUT2D eigenvalue weighted by atomic mass is 35.5. The molecule has 0 unspecified atom stereocenters. The van der Waals surface area contributed by atoms with Crippen LogP contribution in [0.2, 0.25) is 5.15 Å². The van der Waals surface area contributed by atoms with Gasteiger partial charge in [0, 0.05) is 4.73 Å². The molecule has 0 aliphatic carbocycles. The molecule has 1 heterocycles. The summed E-state index contributed by atoms with van der Waals surface area (Å²) in [6.07, 6.45) is 1.46. The van der Waals surface area contributed by atoms with Crippen molar-refractivity contribution in [1.29, 1.82) is 0 Å². The van der Waals surface area contributed by atoms with Crippen molar-refractivity contribution < 1.29 is 14.5 Å². The maximum Gasteiger partial charge on any atom is 0.332 e. The summed E-state index contributed by atoms with van der Waals surface area (Å²) in [4.78, 5) is 14.8. The van der Waals surface area contributed by atoms with Gasteiger partial charge in [-0.15, -0.1) is 0 Å². The maximum atomic E-state index is 10.5. The summed E-state index contributed by atoms with van der Waals surface area (Å²) < 4.78 is 1.25. The molecule has 0 aromatic carbocycles. The molecular formula is C7H8ClN2O3+. The Morgan fingerprint density at radius 3 is 2.77 bits per heavy atom. The molecule has 0 radical (unpaired) electrons. The number of nitrogens with zero attached hydrogens (tertiary/aromatic N) is 2. The highest BCUT2D eigenvalue weighted by molar-refractivity contribution is 6.28. The van der Waals surface area contributed by atoms with Crippen LogP contribution in [0.3, 0.4) is 0 Å². The van der Waals surface area contributed by atoms with Crippen molar-refractivity contribution in [3.8, 4) is 0 Å². The number of aryl methyl sites for hydroxylation is 1. The van der Waals surface area contributed by atoms with Crippen LogP contribution < -0.4 is 9.57 Å². The van der Waals surface area contributed by atoms with Crippen LogP contribution in [0, 0.1) is 17.0 Å². The van der Waals surface area contributed by atoms with E-state index in [1.54, 1.807) is 6.92 Å². The topological polar surface area (TPSA) is 56.2 Å². The van der Waals surface area contributed by atoms with E-state index >= 15 is 0 Å². The highest BCUT2D eigenvalue weighted by Gasteiger charge is 2.20. The summed E-state index contributed by atoms with van der Waals surface area (Å²) in [7, 11) is 1.43. The molecule has 0 aliphatic rings. The number of aromatic nitrogens is 1. The number of pyridine rings is 1. The zero-order chi connectivity index (χ0) is 10.0. The molecule has 0 amide bonds. The Labute approximate surface area is 79.6 Å². The summed E-state index contributed by atoms with van der Waals surface area (Å²) in [6, 6.07) is 1.25. The molecule has 0 saturated heterocycles. The third-order valence-electron chi connectivity index (χ3n) is 1.57. The van der Waals surface area contributed by atoms with E-state index in [1.165, 1.54) is 24.1 Å². The third-order valence-corrected chi connectivity index (χ3v) is 1.85. The van der Waals surface area contributed by atoms with Gasteiger partial charge in [-0.05, 0) is 18.5 Å². The first-order valence-electron chi connectivity index (χ1n) is 3.47. The molecule has 0 fully saturated rings. The first kappa shape index (κ1) is 9.73. The van der Waals surface area contributed by atoms with Gasteiger partial charge in [-0.3, -0.25) is 15.0 Å². The molecule has 1 aromatic heterocycles. The zero-order valence-corrected chi connectivity index (χ0v) is 7.91. The number of rotatable bonds is 2. The smallest absolute Gasteiger partial charge is 0.273 e. The Morgan fingerprint density at radius 1 is 1.69 bits per heavy atom. The molecule has 0 spiro atoms. The third kappa shape index (κ3) is 1.86. The van der Waals surface area contributed by atoms with Crippen molar-refractivity contribution in [3.63, 3.8) is 0 Å². The minimum Gasteiger partial charge on any atom is -0.273 e. The molecule has 0 aliphatic heterocycles. The van der Waals surface area contributed by atoms with Gasteiger partial charge in [0.25, 0.3) is 5.69 Å². The van der Waals surface area contributed by atoms with Crippen molar-refractivity contribution in [3.05, 3.63) is 33.1 Å². The summed E-state index contributed by atoms with van der Waals surface area (Å²) in [5.41, 5.74) is 0.481. The van der Waals surface area contributed by atoms with Crippen LogP contribution >= 0.6 is 11.6 Å². The largest absolute Gasteiger partial charge is 0.332 e. The Bertz CT molecular complexity index is 354. The lowest BCUT2D eigenvalue weighted by Gasteiger charge is -1.96. The lowest BCUT2D eigenvalue weighted by atomic mass is 10.3. The van der Waals surface area contributed by atoms with Gasteiger partial charge in [-0.1, -0.05) is 0 Å². The van der Waals surface area contributed by atoms with Crippen molar-refractivity contribution in [2.24, 2.45) is 0 Å². The normalized spacial score (nSPS) is 9.77. The van der Waals surface area contributed by atoms with Crippen LogP contribution in [0.5, 0.6) is 0 Å². The first-order valence-corrected chi connectivity index (χ1v) is 3.84. The average Bonchev–Trinajstić information content (AvgIpc) is 2.07. The molecule has 6 heteroatoms. The predicted molar refractivity (Wildman–Crippen MR) is 45.5 cm³/mol. The monoisotopic (exact) mass is 203 g/mol. The lowest BCUT2D eigenvalue weighted by molar-refractivity contribution is -0.884. The first-order chi connectivity index (χ1) is 6.06. The van der Waals surface area contributed by atoms with E-state index in [0.29, 0.717) is 5.56 Å². The second-order valence-corrected chi connectivity index (χ2v) is 2.82. The fraction of sp³-hybridized carbons (Fsp3) is 0.286. The predicted octanol–water partition coefficient (Wildman–Crippen LogP) is 0.903. The Morgan fingerprint density at radius 2 is 2.31 bits per heavy atom. The van der Waals surface area contributed by atoms with Gasteiger partial charge in [0.1, 0.15) is 13.2 Å². The van der Waals surface area contributed by atoms with Gasteiger partial charge in [-0.2, -0.15) is 0 Å². The summed E-state index contributed by atoms with van der Waals surface area (Å²) in [6.45, 7) is 1.62. The summed E-state index contributed by atoms with van der Waals surface area (Å²) >= 11 is 5.68. The van der Waals surface area contributed by atoms with E-state index in [-0.39, 0.29) is 10.8 Å². The minimum absolute atomic E-state index is 0.0155. The van der Waals surface area contributed by atoms with Crippen molar-refractivity contribution >= 4 is 17.3 Å². The second-order valence-electron chi connectivity index (χ2n) is 2.43. The number of hydrogen-bond donors (Lipinski definition) is 0. The van der Waals surface area contributed by atoms with Crippen LogP contribution in [0.1, 0.15) is 5.56 Å². The van der Waals surface area contributed by atoms with Crippen molar-refractivity contribution in [1.82, 2.24) is 0 Å². The van der Waals surface area contributed by atoms with Crippen LogP contribution in [0.4, 0.5) is 5.69 Å². The quantitative estimate of drug-likeness (QED) is 0.311. The molecule has 0 bridgehead atoms. The molecule has 0 N–H and O–H groups in total. The number of halogens is 1. The molecule has 5 nitrogen and oxygen atoms in total. The van der Waals surface area contributed by atoms with Gasteiger partial charge < -0.3 is 0 Å².